The highest BCUT2D eigenvalue weighted by molar-refractivity contribution is 5.88. The minimum atomic E-state index is -5.71. The first-order chi connectivity index (χ1) is 8.93. The molecule has 0 atom stereocenters. The molecule has 0 saturated carbocycles. The maximum absolute atomic E-state index is 12.2. The maximum atomic E-state index is 12.2. The highest BCUT2D eigenvalue weighted by Crippen LogP contribution is 2.35. The summed E-state index contributed by atoms with van der Waals surface area (Å²) in [4.78, 5) is 16.8. The molecule has 112 valence electrons. The fourth-order valence-corrected chi connectivity index (χ4v) is 1.14. The molecule has 1 aromatic heterocycles. The third kappa shape index (κ3) is 3.71. The number of hydrogen-bond donors (Lipinski definition) is 1. The number of alkyl halides is 6. The van der Waals surface area contributed by atoms with E-state index in [4.69, 9.17) is 5.11 Å². The van der Waals surface area contributed by atoms with Gasteiger partial charge in [-0.15, -0.1) is 0 Å². The molecule has 0 aromatic carbocycles. The van der Waals surface area contributed by atoms with Gasteiger partial charge in [-0.1, -0.05) is 0 Å². The van der Waals surface area contributed by atoms with Crippen LogP contribution in [0.2, 0.25) is 0 Å². The number of aromatic nitrogens is 2. The Bertz CT molecular complexity index is 499. The number of carbonyl (C=O) groups is 1. The molecule has 1 heterocycles. The lowest BCUT2D eigenvalue weighted by Gasteiger charge is -2.22. The summed E-state index contributed by atoms with van der Waals surface area (Å²) in [5, 5.41) is 8.62. The molecule has 0 amide bonds. The summed E-state index contributed by atoms with van der Waals surface area (Å²) >= 11 is 0. The second kappa shape index (κ2) is 5.13. The number of halogens is 6. The average Bonchev–Trinajstić information content (AvgIpc) is 2.22. The van der Waals surface area contributed by atoms with Crippen LogP contribution in [0, 0.1) is 6.92 Å². The molecular formula is C9H6F6N2O3. The molecule has 1 aromatic rings. The van der Waals surface area contributed by atoms with Crippen molar-refractivity contribution in [3.05, 3.63) is 17.5 Å². The van der Waals surface area contributed by atoms with Gasteiger partial charge in [0.25, 0.3) is 6.10 Å². The van der Waals surface area contributed by atoms with Gasteiger partial charge in [0.05, 0.1) is 11.3 Å². The molecule has 1 rings (SSSR count). The first-order valence-corrected chi connectivity index (χ1v) is 4.80. The van der Waals surface area contributed by atoms with Crippen molar-refractivity contribution in [2.75, 3.05) is 0 Å². The predicted octanol–water partition coefficient (Wildman–Crippen LogP) is 2.36. The van der Waals surface area contributed by atoms with Gasteiger partial charge >= 0.3 is 24.3 Å². The molecule has 0 unspecified atom stereocenters. The number of rotatable bonds is 3. The number of hydrogen-bond acceptors (Lipinski definition) is 4. The van der Waals surface area contributed by atoms with Gasteiger partial charge in [-0.05, 0) is 6.92 Å². The lowest BCUT2D eigenvalue weighted by molar-refractivity contribution is -0.301. The Morgan fingerprint density at radius 3 is 2.10 bits per heavy atom. The molecule has 5 nitrogen and oxygen atoms in total. The fraction of sp³-hybridized carbons (Fsp3) is 0.444. The van der Waals surface area contributed by atoms with Crippen molar-refractivity contribution in [3.8, 4) is 6.01 Å². The zero-order valence-electron chi connectivity index (χ0n) is 9.58. The third-order valence-corrected chi connectivity index (χ3v) is 2.01. The van der Waals surface area contributed by atoms with Gasteiger partial charge in [0.15, 0.2) is 0 Å². The molecule has 20 heavy (non-hydrogen) atoms. The molecule has 0 aliphatic rings. The van der Waals surface area contributed by atoms with E-state index >= 15 is 0 Å². The molecule has 0 saturated heterocycles. The average molecular weight is 304 g/mol. The van der Waals surface area contributed by atoms with E-state index in [-0.39, 0.29) is 5.69 Å². The highest BCUT2D eigenvalue weighted by Gasteiger charge is 2.59. The van der Waals surface area contributed by atoms with Crippen LogP contribution >= 0.6 is 0 Å². The Hall–Kier alpha value is -2.07. The summed E-state index contributed by atoms with van der Waals surface area (Å²) in [6, 6.07) is -1.22. The summed E-state index contributed by atoms with van der Waals surface area (Å²) in [6.45, 7) is 1.08. The quantitative estimate of drug-likeness (QED) is 0.868. The summed E-state index contributed by atoms with van der Waals surface area (Å²) in [5.41, 5.74) is -0.793. The fourth-order valence-electron chi connectivity index (χ4n) is 1.14. The van der Waals surface area contributed by atoms with Crippen LogP contribution in [0.3, 0.4) is 0 Å². The van der Waals surface area contributed by atoms with Crippen LogP contribution in [0.25, 0.3) is 0 Å². The van der Waals surface area contributed by atoms with Gasteiger partial charge in [0.2, 0.25) is 0 Å². The molecule has 0 radical (unpaired) electrons. The Balaban J connectivity index is 3.08. The van der Waals surface area contributed by atoms with Crippen molar-refractivity contribution in [2.45, 2.75) is 25.4 Å². The van der Waals surface area contributed by atoms with Crippen molar-refractivity contribution < 1.29 is 41.0 Å². The first-order valence-electron chi connectivity index (χ1n) is 4.80. The summed E-state index contributed by atoms with van der Waals surface area (Å²) in [5.74, 6) is -1.47. The minimum absolute atomic E-state index is 0.328. The number of carboxylic acids is 1. The van der Waals surface area contributed by atoms with Crippen molar-refractivity contribution in [2.24, 2.45) is 0 Å². The number of carboxylic acid groups (broad SMARTS) is 1. The molecule has 0 aliphatic heterocycles. The Labute approximate surface area is 107 Å². The van der Waals surface area contributed by atoms with Crippen molar-refractivity contribution in [1.29, 1.82) is 0 Å². The van der Waals surface area contributed by atoms with Crippen molar-refractivity contribution in [1.82, 2.24) is 9.97 Å². The monoisotopic (exact) mass is 304 g/mol. The van der Waals surface area contributed by atoms with Crippen LogP contribution in [0.15, 0.2) is 6.20 Å². The van der Waals surface area contributed by atoms with E-state index in [1.807, 2.05) is 0 Å². The van der Waals surface area contributed by atoms with Crippen LogP contribution in [-0.2, 0) is 0 Å². The maximum Gasteiger partial charge on any atom is 0.434 e. The van der Waals surface area contributed by atoms with E-state index < -0.39 is 36.0 Å². The van der Waals surface area contributed by atoms with Gasteiger partial charge in [-0.3, -0.25) is 0 Å². The molecule has 0 spiro atoms. The lowest BCUT2D eigenvalue weighted by atomic mass is 10.2. The second-order valence-electron chi connectivity index (χ2n) is 3.54. The lowest BCUT2D eigenvalue weighted by Crippen LogP contribution is -2.46. The van der Waals surface area contributed by atoms with Crippen LogP contribution in [0.1, 0.15) is 16.1 Å². The third-order valence-electron chi connectivity index (χ3n) is 2.01. The normalized spacial score (nSPS) is 12.6. The van der Waals surface area contributed by atoms with Gasteiger partial charge < -0.3 is 9.84 Å². The smallest absolute Gasteiger partial charge is 0.434 e. The van der Waals surface area contributed by atoms with Crippen molar-refractivity contribution >= 4 is 5.97 Å². The minimum Gasteiger partial charge on any atom is -0.478 e. The van der Waals surface area contributed by atoms with Crippen LogP contribution in [-0.4, -0.2) is 39.5 Å². The van der Waals surface area contributed by atoms with Gasteiger partial charge in [-0.25, -0.2) is 9.78 Å². The topological polar surface area (TPSA) is 72.3 Å². The zero-order chi connectivity index (χ0) is 15.7. The SMILES string of the molecule is Cc1nc(OC(C(F)(F)F)C(F)(F)F)ncc1C(=O)O. The highest BCUT2D eigenvalue weighted by atomic mass is 19.4. The van der Waals surface area contributed by atoms with Gasteiger partial charge in [-0.2, -0.15) is 31.3 Å². The largest absolute Gasteiger partial charge is 0.478 e. The number of aromatic carboxylic acids is 1. The summed E-state index contributed by atoms with van der Waals surface area (Å²) in [7, 11) is 0. The van der Waals surface area contributed by atoms with E-state index in [1.54, 1.807) is 0 Å². The molecular weight excluding hydrogens is 298 g/mol. The van der Waals surface area contributed by atoms with Crippen LogP contribution in [0.5, 0.6) is 6.01 Å². The Morgan fingerprint density at radius 1 is 1.25 bits per heavy atom. The van der Waals surface area contributed by atoms with E-state index in [1.165, 1.54) is 0 Å². The van der Waals surface area contributed by atoms with Crippen LogP contribution < -0.4 is 4.74 Å². The molecule has 1 N–H and O–H groups in total. The van der Waals surface area contributed by atoms with E-state index in [0.717, 1.165) is 6.92 Å². The van der Waals surface area contributed by atoms with Gasteiger partial charge in [0, 0.05) is 6.20 Å². The Kier molecular flexibility index (Phi) is 4.10. The number of nitrogens with zero attached hydrogens (tertiary/aromatic N) is 2. The van der Waals surface area contributed by atoms with E-state index in [2.05, 4.69) is 14.7 Å². The predicted molar refractivity (Wildman–Crippen MR) is 50.3 cm³/mol. The standard InChI is InChI=1S/C9H6F6N2O3/c1-3-4(5(18)19)2-16-7(17-3)20-6(8(10,11)12)9(13,14)15/h2,6H,1H3,(H,18,19). The second-order valence-corrected chi connectivity index (χ2v) is 3.54. The first kappa shape index (κ1) is 16.0. The molecule has 0 aliphatic carbocycles. The van der Waals surface area contributed by atoms with Crippen molar-refractivity contribution in [3.63, 3.8) is 0 Å². The number of ether oxygens (including phenoxy) is 1. The molecule has 0 fully saturated rings. The summed E-state index contributed by atoms with van der Waals surface area (Å²) in [6.07, 6.45) is -14.9. The number of aryl methyl sites for hydroxylation is 1. The van der Waals surface area contributed by atoms with Crippen LogP contribution in [0.4, 0.5) is 26.3 Å². The van der Waals surface area contributed by atoms with E-state index in [9.17, 15) is 31.1 Å². The van der Waals surface area contributed by atoms with Gasteiger partial charge in [0.1, 0.15) is 0 Å². The zero-order valence-corrected chi connectivity index (χ0v) is 9.58. The Morgan fingerprint density at radius 2 is 1.75 bits per heavy atom. The molecule has 0 bridgehead atoms. The molecule has 11 heteroatoms. The summed E-state index contributed by atoms with van der Waals surface area (Å²) < 4.78 is 77.0. The van der Waals surface area contributed by atoms with E-state index in [0.29, 0.717) is 6.20 Å².